The van der Waals surface area contributed by atoms with Crippen LogP contribution in [0.2, 0.25) is 5.02 Å². The van der Waals surface area contributed by atoms with Crippen molar-refractivity contribution in [2.45, 2.75) is 36.1 Å². The van der Waals surface area contributed by atoms with Crippen LogP contribution < -0.4 is 0 Å². The van der Waals surface area contributed by atoms with Crippen LogP contribution in [0.1, 0.15) is 34.9 Å². The van der Waals surface area contributed by atoms with Crippen molar-refractivity contribution in [3.05, 3.63) is 76.4 Å². The van der Waals surface area contributed by atoms with Crippen LogP contribution in [-0.4, -0.2) is 21.0 Å². The Labute approximate surface area is 173 Å². The lowest BCUT2D eigenvalue weighted by Gasteiger charge is -2.20. The van der Waals surface area contributed by atoms with E-state index in [1.165, 1.54) is 17.3 Å². The van der Waals surface area contributed by atoms with Gasteiger partial charge in [0.2, 0.25) is 0 Å². The lowest BCUT2D eigenvalue weighted by molar-refractivity contribution is -0.136. The van der Waals surface area contributed by atoms with E-state index in [9.17, 15) is 9.90 Å². The molecule has 1 aliphatic carbocycles. The normalized spacial score (nSPS) is 14.3. The van der Waals surface area contributed by atoms with Gasteiger partial charge < -0.3 is 5.11 Å². The van der Waals surface area contributed by atoms with Gasteiger partial charge in [0.15, 0.2) is 5.16 Å². The van der Waals surface area contributed by atoms with E-state index in [0.29, 0.717) is 10.2 Å². The summed E-state index contributed by atoms with van der Waals surface area (Å²) in [6, 6.07) is 16.8. The molecule has 1 aliphatic rings. The Kier molecular flexibility index (Phi) is 5.64. The first-order chi connectivity index (χ1) is 13.6. The fraction of sp³-hybridized carbons (Fsp3) is 0.227. The summed E-state index contributed by atoms with van der Waals surface area (Å²) >= 11 is 7.23. The quantitative estimate of drug-likeness (QED) is 0.438. The number of aliphatic carboxylic acids is 1. The number of aromatic nitrogens is 2. The SMILES string of the molecule is O=C(O)[C@H](Sc1nc2c(c(-c3ccc(Cl)cc3)n1)CCCC2)c1ccccc1. The van der Waals surface area contributed by atoms with E-state index < -0.39 is 11.2 Å². The molecule has 1 heterocycles. The number of carboxylic acid groups (broad SMARTS) is 1. The topological polar surface area (TPSA) is 63.1 Å². The van der Waals surface area contributed by atoms with Gasteiger partial charge in [-0.3, -0.25) is 4.79 Å². The minimum Gasteiger partial charge on any atom is -0.480 e. The van der Waals surface area contributed by atoms with Crippen molar-refractivity contribution in [3.63, 3.8) is 0 Å². The third-order valence-electron chi connectivity index (χ3n) is 4.83. The number of carboxylic acids is 1. The number of hydrogen-bond acceptors (Lipinski definition) is 4. The molecule has 0 unspecified atom stereocenters. The Morgan fingerprint density at radius 3 is 2.43 bits per heavy atom. The third kappa shape index (κ3) is 4.05. The van der Waals surface area contributed by atoms with E-state index in [0.717, 1.165) is 48.2 Å². The fourth-order valence-electron chi connectivity index (χ4n) is 3.46. The molecule has 0 saturated carbocycles. The molecule has 2 aromatic carbocycles. The van der Waals surface area contributed by atoms with Gasteiger partial charge in [-0.05, 0) is 43.4 Å². The maximum Gasteiger partial charge on any atom is 0.321 e. The summed E-state index contributed by atoms with van der Waals surface area (Å²) in [4.78, 5) is 21.4. The molecular formula is C22H19ClN2O2S. The molecule has 0 saturated heterocycles. The van der Waals surface area contributed by atoms with Crippen LogP contribution in [0.4, 0.5) is 0 Å². The van der Waals surface area contributed by atoms with Crippen LogP contribution >= 0.6 is 23.4 Å². The molecule has 4 nitrogen and oxygen atoms in total. The third-order valence-corrected chi connectivity index (χ3v) is 6.19. The number of thioether (sulfide) groups is 1. The highest BCUT2D eigenvalue weighted by atomic mass is 35.5. The van der Waals surface area contributed by atoms with Crippen molar-refractivity contribution in [1.29, 1.82) is 0 Å². The zero-order valence-electron chi connectivity index (χ0n) is 15.1. The summed E-state index contributed by atoms with van der Waals surface area (Å²) < 4.78 is 0. The van der Waals surface area contributed by atoms with Crippen molar-refractivity contribution in [2.24, 2.45) is 0 Å². The minimum absolute atomic E-state index is 0.502. The molecule has 0 radical (unpaired) electrons. The summed E-state index contributed by atoms with van der Waals surface area (Å²) in [5.74, 6) is -0.898. The van der Waals surface area contributed by atoms with Crippen LogP contribution in [0.25, 0.3) is 11.3 Å². The number of fused-ring (bicyclic) bond motifs is 1. The molecule has 1 aromatic heterocycles. The molecule has 0 spiro atoms. The van der Waals surface area contributed by atoms with Crippen LogP contribution in [0.15, 0.2) is 59.8 Å². The fourth-order valence-corrected chi connectivity index (χ4v) is 4.50. The molecule has 1 N–H and O–H groups in total. The predicted octanol–water partition coefficient (Wildman–Crippen LogP) is 5.59. The highest BCUT2D eigenvalue weighted by Gasteiger charge is 2.25. The Bertz CT molecular complexity index is 993. The Balaban J connectivity index is 1.76. The standard InChI is InChI=1S/C22H19ClN2O2S/c23-16-12-10-14(11-13-16)19-17-8-4-5-9-18(17)24-22(25-19)28-20(21(26)27)15-6-2-1-3-7-15/h1-3,6-7,10-13,20H,4-5,8-9H2,(H,26,27)/t20-/m1/s1. The number of carbonyl (C=O) groups is 1. The minimum atomic E-state index is -0.898. The zero-order chi connectivity index (χ0) is 19.5. The van der Waals surface area contributed by atoms with Crippen LogP contribution in [-0.2, 0) is 17.6 Å². The Hall–Kier alpha value is -2.37. The van der Waals surface area contributed by atoms with Gasteiger partial charge in [0.25, 0.3) is 0 Å². The maximum absolute atomic E-state index is 11.9. The summed E-state index contributed by atoms with van der Waals surface area (Å²) in [7, 11) is 0. The number of nitrogens with zero attached hydrogens (tertiary/aromatic N) is 2. The Morgan fingerprint density at radius 2 is 1.71 bits per heavy atom. The Morgan fingerprint density at radius 1 is 1.00 bits per heavy atom. The van der Waals surface area contributed by atoms with Gasteiger partial charge >= 0.3 is 5.97 Å². The molecule has 1 atom stereocenters. The monoisotopic (exact) mass is 410 g/mol. The summed E-state index contributed by atoms with van der Waals surface area (Å²) in [6.07, 6.45) is 4.05. The van der Waals surface area contributed by atoms with Crippen LogP contribution in [0, 0.1) is 0 Å². The average Bonchev–Trinajstić information content (AvgIpc) is 2.72. The van der Waals surface area contributed by atoms with Crippen molar-refractivity contribution >= 4 is 29.3 Å². The molecule has 0 bridgehead atoms. The second-order valence-corrected chi connectivity index (χ2v) is 8.25. The largest absolute Gasteiger partial charge is 0.480 e. The van der Waals surface area contributed by atoms with E-state index >= 15 is 0 Å². The first-order valence-electron chi connectivity index (χ1n) is 9.22. The van der Waals surface area contributed by atoms with Crippen molar-refractivity contribution in [3.8, 4) is 11.3 Å². The number of hydrogen-bond donors (Lipinski definition) is 1. The van der Waals surface area contributed by atoms with E-state index in [2.05, 4.69) is 0 Å². The molecule has 142 valence electrons. The predicted molar refractivity (Wildman–Crippen MR) is 112 cm³/mol. The molecule has 4 rings (SSSR count). The van der Waals surface area contributed by atoms with Gasteiger partial charge in [-0.15, -0.1) is 0 Å². The van der Waals surface area contributed by atoms with E-state index in [1.807, 2.05) is 54.6 Å². The number of halogens is 1. The first-order valence-corrected chi connectivity index (χ1v) is 10.5. The summed E-state index contributed by atoms with van der Waals surface area (Å²) in [5.41, 5.74) is 4.81. The second kappa shape index (κ2) is 8.33. The van der Waals surface area contributed by atoms with Gasteiger partial charge in [-0.1, -0.05) is 65.8 Å². The lowest BCUT2D eigenvalue weighted by atomic mass is 9.92. The van der Waals surface area contributed by atoms with Crippen molar-refractivity contribution in [2.75, 3.05) is 0 Å². The van der Waals surface area contributed by atoms with Crippen molar-refractivity contribution in [1.82, 2.24) is 9.97 Å². The van der Waals surface area contributed by atoms with Gasteiger partial charge in [0, 0.05) is 21.8 Å². The lowest BCUT2D eigenvalue weighted by Crippen LogP contribution is -2.12. The summed E-state index contributed by atoms with van der Waals surface area (Å²) in [5, 5.41) is 10.2. The number of rotatable bonds is 5. The second-order valence-electron chi connectivity index (χ2n) is 6.74. The van der Waals surface area contributed by atoms with E-state index in [1.54, 1.807) is 0 Å². The van der Waals surface area contributed by atoms with E-state index in [-0.39, 0.29) is 0 Å². The first kappa shape index (κ1) is 19.0. The number of aryl methyl sites for hydroxylation is 1. The summed E-state index contributed by atoms with van der Waals surface area (Å²) in [6.45, 7) is 0. The van der Waals surface area contributed by atoms with Gasteiger partial charge in [0.05, 0.1) is 5.69 Å². The van der Waals surface area contributed by atoms with Crippen LogP contribution in [0.3, 0.4) is 0 Å². The molecule has 3 aromatic rings. The molecule has 0 fully saturated rings. The maximum atomic E-state index is 11.9. The molecule has 6 heteroatoms. The smallest absolute Gasteiger partial charge is 0.321 e. The molecular weight excluding hydrogens is 392 g/mol. The zero-order valence-corrected chi connectivity index (χ0v) is 16.7. The van der Waals surface area contributed by atoms with E-state index in [4.69, 9.17) is 21.6 Å². The molecule has 28 heavy (non-hydrogen) atoms. The average molecular weight is 411 g/mol. The van der Waals surface area contributed by atoms with Gasteiger partial charge in [0.1, 0.15) is 5.25 Å². The highest BCUT2D eigenvalue weighted by molar-refractivity contribution is 8.00. The number of benzene rings is 2. The molecule has 0 aliphatic heterocycles. The highest BCUT2D eigenvalue weighted by Crippen LogP contribution is 2.37. The van der Waals surface area contributed by atoms with Gasteiger partial charge in [-0.25, -0.2) is 9.97 Å². The van der Waals surface area contributed by atoms with Crippen LogP contribution in [0.5, 0.6) is 0 Å². The van der Waals surface area contributed by atoms with Gasteiger partial charge in [-0.2, -0.15) is 0 Å². The molecule has 0 amide bonds. The van der Waals surface area contributed by atoms with Crippen molar-refractivity contribution < 1.29 is 9.90 Å².